The number of hydrogen-bond acceptors (Lipinski definition) is 4. The lowest BCUT2D eigenvalue weighted by Gasteiger charge is -2.07. The molecule has 0 aliphatic rings. The minimum atomic E-state index is -3.76. The molecule has 3 nitrogen and oxygen atoms in total. The van der Waals surface area contributed by atoms with Crippen molar-refractivity contribution in [1.82, 2.24) is 0 Å². The smallest absolute Gasteiger partial charge is 0.339 e. The van der Waals surface area contributed by atoms with Gasteiger partial charge in [-0.05, 0) is 49.6 Å². The zero-order valence-electron chi connectivity index (χ0n) is 10.7. The Kier molecular flexibility index (Phi) is 4.17. The van der Waals surface area contributed by atoms with E-state index in [1.54, 1.807) is 48.2 Å². The predicted octanol–water partition coefficient (Wildman–Crippen LogP) is 3.48. The summed E-state index contributed by atoms with van der Waals surface area (Å²) >= 11 is 1.59. The van der Waals surface area contributed by atoms with Crippen LogP contribution in [0.5, 0.6) is 5.75 Å². The van der Waals surface area contributed by atoms with E-state index in [2.05, 4.69) is 0 Å². The molecule has 0 unspecified atom stereocenters. The summed E-state index contributed by atoms with van der Waals surface area (Å²) in [6, 6.07) is 13.5. The van der Waals surface area contributed by atoms with Gasteiger partial charge in [-0.3, -0.25) is 0 Å². The highest BCUT2D eigenvalue weighted by atomic mass is 32.2. The first-order chi connectivity index (χ1) is 9.01. The van der Waals surface area contributed by atoms with Crippen LogP contribution in [0.2, 0.25) is 0 Å². The molecule has 100 valence electrons. The van der Waals surface area contributed by atoms with E-state index in [0.29, 0.717) is 5.75 Å². The van der Waals surface area contributed by atoms with Crippen LogP contribution >= 0.6 is 11.8 Å². The maximum atomic E-state index is 12.0. The first-order valence-electron chi connectivity index (χ1n) is 5.66. The molecule has 19 heavy (non-hydrogen) atoms. The summed E-state index contributed by atoms with van der Waals surface area (Å²) in [7, 11) is -3.76. The van der Waals surface area contributed by atoms with E-state index in [0.717, 1.165) is 10.5 Å². The summed E-state index contributed by atoms with van der Waals surface area (Å²) in [5, 5.41) is 0. The minimum Gasteiger partial charge on any atom is -0.379 e. The van der Waals surface area contributed by atoms with Crippen molar-refractivity contribution < 1.29 is 12.6 Å². The van der Waals surface area contributed by atoms with Crippen LogP contribution in [0.25, 0.3) is 0 Å². The highest BCUT2D eigenvalue weighted by Gasteiger charge is 2.16. The van der Waals surface area contributed by atoms with Crippen LogP contribution in [0.15, 0.2) is 58.3 Å². The van der Waals surface area contributed by atoms with E-state index in [4.69, 9.17) is 4.18 Å². The molecule has 0 aliphatic carbocycles. The van der Waals surface area contributed by atoms with Crippen LogP contribution in [-0.4, -0.2) is 14.7 Å². The fourth-order valence-corrected chi connectivity index (χ4v) is 2.85. The summed E-state index contributed by atoms with van der Waals surface area (Å²) < 4.78 is 29.2. The monoisotopic (exact) mass is 294 g/mol. The molecule has 5 heteroatoms. The fraction of sp³-hybridized carbons (Fsp3) is 0.143. The molecule has 0 amide bonds. The summed E-state index contributed by atoms with van der Waals surface area (Å²) in [6.45, 7) is 1.90. The first-order valence-corrected chi connectivity index (χ1v) is 8.30. The van der Waals surface area contributed by atoms with Crippen molar-refractivity contribution in [3.05, 3.63) is 54.1 Å². The Labute approximate surface area is 117 Å². The van der Waals surface area contributed by atoms with Gasteiger partial charge in [0.15, 0.2) is 0 Å². The van der Waals surface area contributed by atoms with Crippen molar-refractivity contribution in [3.8, 4) is 5.75 Å². The van der Waals surface area contributed by atoms with Crippen molar-refractivity contribution in [2.24, 2.45) is 0 Å². The van der Waals surface area contributed by atoms with Crippen LogP contribution in [-0.2, 0) is 10.1 Å². The Morgan fingerprint density at radius 2 is 1.53 bits per heavy atom. The zero-order valence-corrected chi connectivity index (χ0v) is 12.3. The predicted molar refractivity (Wildman–Crippen MR) is 77.2 cm³/mol. The third kappa shape index (κ3) is 3.52. The van der Waals surface area contributed by atoms with Crippen LogP contribution in [0.3, 0.4) is 0 Å². The molecule has 0 bridgehead atoms. The Balaban J connectivity index is 2.23. The van der Waals surface area contributed by atoms with E-state index in [1.165, 1.54) is 0 Å². The van der Waals surface area contributed by atoms with Gasteiger partial charge in [-0.25, -0.2) is 0 Å². The lowest BCUT2D eigenvalue weighted by molar-refractivity contribution is 0.486. The Hall–Kier alpha value is -1.46. The molecule has 0 aromatic heterocycles. The van der Waals surface area contributed by atoms with Crippen molar-refractivity contribution in [2.45, 2.75) is 16.7 Å². The minimum absolute atomic E-state index is 0.159. The van der Waals surface area contributed by atoms with Crippen molar-refractivity contribution in [2.75, 3.05) is 6.26 Å². The Morgan fingerprint density at radius 3 is 2.05 bits per heavy atom. The standard InChI is InChI=1S/C14H14O3S2/c1-11-3-9-14(10-4-11)19(15,16)17-12-5-7-13(18-2)8-6-12/h3-10H,1-2H3. The van der Waals surface area contributed by atoms with Gasteiger partial charge >= 0.3 is 10.1 Å². The number of benzene rings is 2. The second kappa shape index (κ2) is 5.67. The van der Waals surface area contributed by atoms with Gasteiger partial charge < -0.3 is 4.18 Å². The highest BCUT2D eigenvalue weighted by molar-refractivity contribution is 7.98. The molecule has 0 heterocycles. The topological polar surface area (TPSA) is 43.4 Å². The molecule has 0 fully saturated rings. The van der Waals surface area contributed by atoms with E-state index < -0.39 is 10.1 Å². The summed E-state index contributed by atoms with van der Waals surface area (Å²) in [5.41, 5.74) is 1.00. The summed E-state index contributed by atoms with van der Waals surface area (Å²) in [4.78, 5) is 1.21. The molecule has 2 rings (SSSR count). The average molecular weight is 294 g/mol. The van der Waals surface area contributed by atoms with Crippen LogP contribution < -0.4 is 4.18 Å². The molecule has 0 radical (unpaired) electrons. The summed E-state index contributed by atoms with van der Waals surface area (Å²) in [6.07, 6.45) is 1.96. The lowest BCUT2D eigenvalue weighted by Crippen LogP contribution is -2.09. The molecule has 2 aromatic carbocycles. The van der Waals surface area contributed by atoms with Gasteiger partial charge in [0.2, 0.25) is 0 Å². The molecule has 0 saturated carbocycles. The molecule has 0 spiro atoms. The van der Waals surface area contributed by atoms with Crippen LogP contribution in [0.4, 0.5) is 0 Å². The fourth-order valence-electron chi connectivity index (χ4n) is 1.51. The van der Waals surface area contributed by atoms with Gasteiger partial charge in [0.05, 0.1) is 0 Å². The number of aryl methyl sites for hydroxylation is 1. The Morgan fingerprint density at radius 1 is 0.947 bits per heavy atom. The van der Waals surface area contributed by atoms with E-state index in [1.807, 2.05) is 25.3 Å². The first kappa shape index (κ1) is 14.0. The van der Waals surface area contributed by atoms with Gasteiger partial charge in [-0.15, -0.1) is 11.8 Å². The van der Waals surface area contributed by atoms with E-state index in [9.17, 15) is 8.42 Å². The zero-order chi connectivity index (χ0) is 13.9. The van der Waals surface area contributed by atoms with Gasteiger partial charge in [-0.1, -0.05) is 17.7 Å². The second-order valence-corrected chi connectivity index (χ2v) is 6.45. The van der Waals surface area contributed by atoms with Crippen molar-refractivity contribution >= 4 is 21.9 Å². The second-order valence-electron chi connectivity index (χ2n) is 4.03. The molecule has 0 atom stereocenters. The summed E-state index contributed by atoms with van der Waals surface area (Å²) in [5.74, 6) is 0.318. The third-order valence-corrected chi connectivity index (χ3v) is 4.58. The van der Waals surface area contributed by atoms with E-state index in [-0.39, 0.29) is 4.90 Å². The molecule has 0 aliphatic heterocycles. The van der Waals surface area contributed by atoms with Gasteiger partial charge in [0.25, 0.3) is 0 Å². The van der Waals surface area contributed by atoms with Gasteiger partial charge in [0.1, 0.15) is 10.6 Å². The normalized spacial score (nSPS) is 11.3. The quantitative estimate of drug-likeness (QED) is 0.639. The highest BCUT2D eigenvalue weighted by Crippen LogP contribution is 2.22. The third-order valence-electron chi connectivity index (χ3n) is 2.58. The van der Waals surface area contributed by atoms with Crippen molar-refractivity contribution in [3.63, 3.8) is 0 Å². The molecular formula is C14H14O3S2. The van der Waals surface area contributed by atoms with Gasteiger partial charge in [0, 0.05) is 4.90 Å². The molecular weight excluding hydrogens is 280 g/mol. The maximum absolute atomic E-state index is 12.0. The SMILES string of the molecule is CSc1ccc(OS(=O)(=O)c2ccc(C)cc2)cc1. The Bertz CT molecular complexity index is 644. The van der Waals surface area contributed by atoms with Crippen LogP contribution in [0, 0.1) is 6.92 Å². The van der Waals surface area contributed by atoms with E-state index >= 15 is 0 Å². The largest absolute Gasteiger partial charge is 0.379 e. The number of thioether (sulfide) groups is 1. The number of rotatable bonds is 4. The average Bonchev–Trinajstić information content (AvgIpc) is 2.40. The molecule has 0 saturated heterocycles. The van der Waals surface area contributed by atoms with Gasteiger partial charge in [-0.2, -0.15) is 8.42 Å². The molecule has 0 N–H and O–H groups in total. The number of hydrogen-bond donors (Lipinski definition) is 0. The van der Waals surface area contributed by atoms with Crippen molar-refractivity contribution in [1.29, 1.82) is 0 Å². The maximum Gasteiger partial charge on any atom is 0.339 e. The molecule has 2 aromatic rings. The lowest BCUT2D eigenvalue weighted by atomic mass is 10.2. The van der Waals surface area contributed by atoms with Crippen LogP contribution in [0.1, 0.15) is 5.56 Å².